The topological polar surface area (TPSA) is 115 Å². The Balaban J connectivity index is 2.65. The average Bonchev–Trinajstić information content (AvgIpc) is 2.34. The fourth-order valence-corrected chi connectivity index (χ4v) is 3.97. The van der Waals surface area contributed by atoms with Gasteiger partial charge in [0.2, 0.25) is 10.0 Å². The smallest absolute Gasteiger partial charge is 0.304 e. The highest BCUT2D eigenvalue weighted by atomic mass is 32.2. The van der Waals surface area contributed by atoms with Gasteiger partial charge >= 0.3 is 5.97 Å². The first-order valence-corrected chi connectivity index (χ1v) is 9.18. The molecular weight excluding hydrogens is 310 g/mol. The molecule has 20 heavy (non-hydrogen) atoms. The van der Waals surface area contributed by atoms with E-state index in [1.807, 2.05) is 0 Å². The lowest BCUT2D eigenvalue weighted by atomic mass is 10.4. The summed E-state index contributed by atoms with van der Waals surface area (Å²) >= 11 is 0. The summed E-state index contributed by atoms with van der Waals surface area (Å²) < 4.78 is 50.3. The second-order valence-corrected chi connectivity index (χ2v) is 8.55. The largest absolute Gasteiger partial charge is 0.481 e. The van der Waals surface area contributed by atoms with Crippen molar-refractivity contribution in [2.24, 2.45) is 0 Å². The zero-order chi connectivity index (χ0) is 15.6. The Labute approximate surface area is 119 Å². The van der Waals surface area contributed by atoms with Crippen molar-refractivity contribution in [3.8, 4) is 0 Å². The Morgan fingerprint density at radius 1 is 1.10 bits per heavy atom. The predicted octanol–water partition coefficient (Wildman–Crippen LogP) is -1.79. The zero-order valence-electron chi connectivity index (χ0n) is 11.4. The van der Waals surface area contributed by atoms with Crippen LogP contribution >= 0.6 is 0 Å². The van der Waals surface area contributed by atoms with E-state index in [1.54, 1.807) is 0 Å². The molecule has 0 bridgehead atoms. The molecule has 1 rings (SSSR count). The molecule has 9 nitrogen and oxygen atoms in total. The number of rotatable bonds is 6. The first-order chi connectivity index (χ1) is 9.05. The monoisotopic (exact) mass is 329 g/mol. The molecule has 0 spiro atoms. The molecule has 0 unspecified atom stereocenters. The summed E-state index contributed by atoms with van der Waals surface area (Å²) in [6, 6.07) is 0. The summed E-state index contributed by atoms with van der Waals surface area (Å²) in [7, 11) is -5.75. The number of carboxylic acids is 1. The van der Waals surface area contributed by atoms with E-state index in [1.165, 1.54) is 11.4 Å². The first kappa shape index (κ1) is 17.3. The van der Waals surface area contributed by atoms with Crippen LogP contribution in [0.3, 0.4) is 0 Å². The van der Waals surface area contributed by atoms with Gasteiger partial charge in [-0.1, -0.05) is 0 Å². The maximum Gasteiger partial charge on any atom is 0.304 e. The average molecular weight is 329 g/mol. The molecule has 1 aliphatic heterocycles. The number of hydrogen-bond donors (Lipinski definition) is 1. The normalized spacial score (nSPS) is 19.4. The highest BCUT2D eigenvalue weighted by molar-refractivity contribution is 7.88. The molecule has 1 heterocycles. The van der Waals surface area contributed by atoms with E-state index in [0.717, 1.165) is 14.9 Å². The van der Waals surface area contributed by atoms with Gasteiger partial charge in [-0.15, -0.1) is 0 Å². The van der Waals surface area contributed by atoms with Crippen LogP contribution in [0.1, 0.15) is 6.42 Å². The van der Waals surface area contributed by atoms with Crippen molar-refractivity contribution in [3.63, 3.8) is 0 Å². The Bertz CT molecular complexity index is 550. The Hall–Kier alpha value is -0.750. The molecule has 1 aliphatic rings. The van der Waals surface area contributed by atoms with Gasteiger partial charge < -0.3 is 5.11 Å². The van der Waals surface area contributed by atoms with E-state index in [2.05, 4.69) is 0 Å². The van der Waals surface area contributed by atoms with Crippen LogP contribution in [0.2, 0.25) is 0 Å². The van der Waals surface area contributed by atoms with Crippen LogP contribution in [0.15, 0.2) is 0 Å². The Kier molecular flexibility index (Phi) is 5.49. The first-order valence-electron chi connectivity index (χ1n) is 5.93. The zero-order valence-corrected chi connectivity index (χ0v) is 13.0. The summed E-state index contributed by atoms with van der Waals surface area (Å²) in [5.74, 6) is -1.08. The van der Waals surface area contributed by atoms with Crippen molar-refractivity contribution >= 4 is 26.2 Å². The molecule has 1 fully saturated rings. The molecule has 1 saturated heterocycles. The third kappa shape index (κ3) is 4.38. The summed E-state index contributed by atoms with van der Waals surface area (Å²) in [6.07, 6.45) is 0.801. The van der Waals surface area contributed by atoms with E-state index in [0.29, 0.717) is 0 Å². The van der Waals surface area contributed by atoms with Crippen molar-refractivity contribution in [3.05, 3.63) is 0 Å². The van der Waals surface area contributed by atoms with Gasteiger partial charge in [0.25, 0.3) is 10.2 Å². The van der Waals surface area contributed by atoms with Crippen LogP contribution in [0, 0.1) is 0 Å². The third-order valence-electron chi connectivity index (χ3n) is 3.03. The minimum absolute atomic E-state index is 0.0623. The fourth-order valence-electron chi connectivity index (χ4n) is 1.80. The molecule has 0 aromatic carbocycles. The number of hydrogen-bond acceptors (Lipinski definition) is 5. The summed E-state index contributed by atoms with van der Waals surface area (Å²) in [5, 5.41) is 8.55. The minimum Gasteiger partial charge on any atom is -0.481 e. The van der Waals surface area contributed by atoms with Gasteiger partial charge in [0, 0.05) is 39.8 Å². The lowest BCUT2D eigenvalue weighted by Crippen LogP contribution is -2.53. The Morgan fingerprint density at radius 2 is 1.55 bits per heavy atom. The molecule has 0 aromatic heterocycles. The minimum atomic E-state index is -3.74. The second-order valence-electron chi connectivity index (χ2n) is 4.53. The lowest BCUT2D eigenvalue weighted by Gasteiger charge is -2.34. The highest BCUT2D eigenvalue weighted by Crippen LogP contribution is 2.13. The molecule has 118 valence electrons. The fraction of sp³-hybridized carbons (Fsp3) is 0.889. The van der Waals surface area contributed by atoms with E-state index >= 15 is 0 Å². The van der Waals surface area contributed by atoms with E-state index in [-0.39, 0.29) is 39.1 Å². The van der Waals surface area contributed by atoms with Crippen molar-refractivity contribution in [1.29, 1.82) is 0 Å². The molecular formula is C9H19N3O6S2. The predicted molar refractivity (Wildman–Crippen MR) is 71.8 cm³/mol. The van der Waals surface area contributed by atoms with Gasteiger partial charge in [-0.25, -0.2) is 8.42 Å². The van der Waals surface area contributed by atoms with Gasteiger partial charge in [-0.05, 0) is 0 Å². The highest BCUT2D eigenvalue weighted by Gasteiger charge is 2.32. The quantitative estimate of drug-likeness (QED) is 0.616. The number of nitrogens with zero attached hydrogens (tertiary/aromatic N) is 3. The number of piperazine rings is 1. The van der Waals surface area contributed by atoms with Gasteiger partial charge in [0.15, 0.2) is 0 Å². The third-order valence-corrected chi connectivity index (χ3v) is 6.32. The van der Waals surface area contributed by atoms with E-state index in [9.17, 15) is 21.6 Å². The number of carboxylic acid groups (broad SMARTS) is 1. The van der Waals surface area contributed by atoms with Gasteiger partial charge in [0.1, 0.15) is 0 Å². The molecule has 1 N–H and O–H groups in total. The van der Waals surface area contributed by atoms with E-state index < -0.39 is 26.2 Å². The summed E-state index contributed by atoms with van der Waals surface area (Å²) in [4.78, 5) is 10.5. The molecule has 11 heteroatoms. The molecule has 0 aromatic rings. The maximum absolute atomic E-state index is 12.1. The van der Waals surface area contributed by atoms with Crippen molar-refractivity contribution < 1.29 is 26.7 Å². The van der Waals surface area contributed by atoms with Crippen molar-refractivity contribution in [1.82, 2.24) is 12.9 Å². The lowest BCUT2D eigenvalue weighted by molar-refractivity contribution is -0.137. The number of sulfonamides is 1. The number of aliphatic carboxylic acids is 1. The maximum atomic E-state index is 12.1. The molecule has 0 saturated carbocycles. The van der Waals surface area contributed by atoms with Gasteiger partial charge in [-0.3, -0.25) is 4.79 Å². The SMILES string of the molecule is CN(CCC(=O)O)S(=O)(=O)N1CCN(S(C)(=O)=O)CC1. The molecule has 0 amide bonds. The van der Waals surface area contributed by atoms with Crippen LogP contribution in [-0.2, 0) is 25.0 Å². The molecule has 0 aliphatic carbocycles. The number of carbonyl (C=O) groups is 1. The second kappa shape index (κ2) is 6.35. The van der Waals surface area contributed by atoms with Crippen LogP contribution in [0.4, 0.5) is 0 Å². The molecule has 0 radical (unpaired) electrons. The van der Waals surface area contributed by atoms with Crippen LogP contribution in [-0.4, -0.2) is 86.9 Å². The van der Waals surface area contributed by atoms with E-state index in [4.69, 9.17) is 5.11 Å². The van der Waals surface area contributed by atoms with Gasteiger partial charge in [-0.2, -0.15) is 21.3 Å². The van der Waals surface area contributed by atoms with Crippen molar-refractivity contribution in [2.45, 2.75) is 6.42 Å². The van der Waals surface area contributed by atoms with Crippen LogP contribution in [0.5, 0.6) is 0 Å². The standard InChI is InChI=1S/C9H19N3O6S2/c1-10(4-3-9(13)14)20(17,18)12-7-5-11(6-8-12)19(2,15)16/h3-8H2,1-2H3,(H,13,14). The van der Waals surface area contributed by atoms with Crippen molar-refractivity contribution in [2.75, 3.05) is 46.0 Å². The van der Waals surface area contributed by atoms with Crippen LogP contribution < -0.4 is 0 Å². The van der Waals surface area contributed by atoms with Gasteiger partial charge in [0.05, 0.1) is 12.7 Å². The molecule has 0 atom stereocenters. The van der Waals surface area contributed by atoms with Crippen LogP contribution in [0.25, 0.3) is 0 Å². The summed E-state index contributed by atoms with van der Waals surface area (Å²) in [5.41, 5.74) is 0. The Morgan fingerprint density at radius 3 is 1.95 bits per heavy atom. The summed E-state index contributed by atoms with van der Waals surface area (Å²) in [6.45, 7) is 0.208.